The number of halogens is 4. The van der Waals surface area contributed by atoms with Crippen molar-refractivity contribution in [1.29, 1.82) is 0 Å². The number of hydrogen-bond acceptors (Lipinski definition) is 1. The minimum absolute atomic E-state index is 0.0511. The van der Waals surface area contributed by atoms with Gasteiger partial charge < -0.3 is 0 Å². The summed E-state index contributed by atoms with van der Waals surface area (Å²) >= 11 is 5.51. The van der Waals surface area contributed by atoms with Gasteiger partial charge >= 0.3 is 5.51 Å². The molecule has 0 saturated carbocycles. The second kappa shape index (κ2) is 5.82. The van der Waals surface area contributed by atoms with E-state index in [4.69, 9.17) is 11.6 Å². The molecule has 0 aliphatic rings. The molecule has 0 N–H and O–H groups in total. The Hall–Kier alpha value is -0.350. The predicted octanol–water partition coefficient (Wildman–Crippen LogP) is 4.78. The van der Waals surface area contributed by atoms with Gasteiger partial charge in [-0.25, -0.2) is 0 Å². The van der Waals surface area contributed by atoms with Crippen molar-refractivity contribution in [3.63, 3.8) is 0 Å². The zero-order valence-electron chi connectivity index (χ0n) is 8.77. The van der Waals surface area contributed by atoms with E-state index in [9.17, 15) is 13.2 Å². The van der Waals surface area contributed by atoms with Gasteiger partial charge in [0.1, 0.15) is 0 Å². The fourth-order valence-corrected chi connectivity index (χ4v) is 2.38. The highest BCUT2D eigenvalue weighted by molar-refractivity contribution is 8.00. The third-order valence-electron chi connectivity index (χ3n) is 2.15. The van der Waals surface area contributed by atoms with E-state index in [-0.39, 0.29) is 16.7 Å². The molecule has 1 rings (SSSR count). The molecule has 0 saturated heterocycles. The van der Waals surface area contributed by atoms with Crippen LogP contribution in [0.25, 0.3) is 0 Å². The van der Waals surface area contributed by atoms with Crippen LogP contribution < -0.4 is 0 Å². The van der Waals surface area contributed by atoms with E-state index >= 15 is 0 Å². The Balaban J connectivity index is 2.93. The lowest BCUT2D eigenvalue weighted by Gasteiger charge is -2.13. The summed E-state index contributed by atoms with van der Waals surface area (Å²) in [4.78, 5) is 0.289. The average molecular weight is 269 g/mol. The van der Waals surface area contributed by atoms with Crippen LogP contribution in [0.1, 0.15) is 17.5 Å². The summed E-state index contributed by atoms with van der Waals surface area (Å²) in [5, 5.41) is 0. The van der Waals surface area contributed by atoms with Crippen LogP contribution in [-0.4, -0.2) is 11.4 Å². The predicted molar refractivity (Wildman–Crippen MR) is 62.1 cm³/mol. The Morgan fingerprint density at radius 1 is 1.31 bits per heavy atom. The Morgan fingerprint density at radius 2 is 2.00 bits per heavy atom. The third-order valence-corrected chi connectivity index (χ3v) is 3.25. The quantitative estimate of drug-likeness (QED) is 0.559. The van der Waals surface area contributed by atoms with E-state index in [2.05, 4.69) is 0 Å². The molecule has 0 atom stereocenters. The zero-order chi connectivity index (χ0) is 12.2. The molecule has 0 unspecified atom stereocenters. The highest BCUT2D eigenvalue weighted by Crippen LogP contribution is 2.39. The van der Waals surface area contributed by atoms with E-state index in [1.165, 1.54) is 6.07 Å². The van der Waals surface area contributed by atoms with Crippen molar-refractivity contribution in [3.05, 3.63) is 29.3 Å². The standard InChI is InChI=1S/C11H12ClF3S/c1-8-4-2-6-10(16-11(13,14)15)9(8)5-3-7-12/h2,4,6H,3,5,7H2,1H3. The van der Waals surface area contributed by atoms with Crippen molar-refractivity contribution < 1.29 is 13.2 Å². The molecule has 0 radical (unpaired) electrons. The summed E-state index contributed by atoms with van der Waals surface area (Å²) in [7, 11) is 0. The first-order chi connectivity index (χ1) is 7.44. The molecule has 5 heteroatoms. The molecule has 0 aliphatic heterocycles. The Morgan fingerprint density at radius 3 is 2.56 bits per heavy atom. The fraction of sp³-hybridized carbons (Fsp3) is 0.455. The van der Waals surface area contributed by atoms with Gasteiger partial charge in [0.2, 0.25) is 0 Å². The summed E-state index contributed by atoms with van der Waals surface area (Å²) in [6, 6.07) is 4.98. The normalized spacial score (nSPS) is 11.8. The lowest BCUT2D eigenvalue weighted by atomic mass is 10.0. The number of alkyl halides is 4. The van der Waals surface area contributed by atoms with Crippen LogP contribution in [0.2, 0.25) is 0 Å². The maximum absolute atomic E-state index is 12.3. The first-order valence-corrected chi connectivity index (χ1v) is 6.19. The molecular weight excluding hydrogens is 257 g/mol. The van der Waals surface area contributed by atoms with E-state index in [1.807, 2.05) is 13.0 Å². The molecule has 0 spiro atoms. The fourth-order valence-electron chi connectivity index (χ4n) is 1.46. The lowest BCUT2D eigenvalue weighted by molar-refractivity contribution is -0.0328. The van der Waals surface area contributed by atoms with Gasteiger partial charge in [-0.1, -0.05) is 12.1 Å². The number of aryl methyl sites for hydroxylation is 1. The van der Waals surface area contributed by atoms with Gasteiger partial charge in [0, 0.05) is 10.8 Å². The molecule has 1 aromatic carbocycles. The Kier molecular flexibility index (Phi) is 4.99. The van der Waals surface area contributed by atoms with Crippen LogP contribution in [0.5, 0.6) is 0 Å². The molecule has 0 amide bonds. The molecule has 0 bridgehead atoms. The summed E-state index contributed by atoms with van der Waals surface area (Å²) in [6.45, 7) is 1.82. The maximum atomic E-state index is 12.3. The van der Waals surface area contributed by atoms with Crippen LogP contribution in [0.15, 0.2) is 23.1 Å². The molecule has 16 heavy (non-hydrogen) atoms. The van der Waals surface area contributed by atoms with Crippen molar-refractivity contribution in [1.82, 2.24) is 0 Å². The zero-order valence-corrected chi connectivity index (χ0v) is 10.3. The highest BCUT2D eigenvalue weighted by atomic mass is 35.5. The van der Waals surface area contributed by atoms with E-state index < -0.39 is 5.51 Å². The van der Waals surface area contributed by atoms with E-state index in [0.29, 0.717) is 18.7 Å². The van der Waals surface area contributed by atoms with Crippen LogP contribution in [0.3, 0.4) is 0 Å². The largest absolute Gasteiger partial charge is 0.446 e. The van der Waals surface area contributed by atoms with Crippen molar-refractivity contribution in [3.8, 4) is 0 Å². The summed E-state index contributed by atoms with van der Waals surface area (Å²) in [5.41, 5.74) is -2.59. The molecule has 0 aromatic heterocycles. The molecule has 1 aromatic rings. The lowest BCUT2D eigenvalue weighted by Crippen LogP contribution is -2.02. The number of rotatable bonds is 4. The van der Waals surface area contributed by atoms with E-state index in [0.717, 1.165) is 11.1 Å². The van der Waals surface area contributed by atoms with Gasteiger partial charge in [0.25, 0.3) is 0 Å². The molecule has 90 valence electrons. The van der Waals surface area contributed by atoms with Gasteiger partial charge in [0.05, 0.1) is 0 Å². The van der Waals surface area contributed by atoms with Gasteiger partial charge in [-0.2, -0.15) is 13.2 Å². The second-order valence-corrected chi connectivity index (χ2v) is 4.88. The minimum Gasteiger partial charge on any atom is -0.160 e. The monoisotopic (exact) mass is 268 g/mol. The molecule has 0 fully saturated rings. The first kappa shape index (κ1) is 13.7. The molecule has 0 heterocycles. The smallest absolute Gasteiger partial charge is 0.160 e. The SMILES string of the molecule is Cc1cccc(SC(F)(F)F)c1CCCCl. The van der Waals surface area contributed by atoms with Gasteiger partial charge in [-0.05, 0) is 48.7 Å². The second-order valence-electron chi connectivity index (χ2n) is 3.39. The van der Waals surface area contributed by atoms with Crippen molar-refractivity contribution in [2.75, 3.05) is 5.88 Å². The van der Waals surface area contributed by atoms with Crippen LogP contribution >= 0.6 is 23.4 Å². The Labute approximate surface area is 102 Å². The van der Waals surface area contributed by atoms with Gasteiger partial charge in [-0.15, -0.1) is 11.6 Å². The molecule has 0 nitrogen and oxygen atoms in total. The van der Waals surface area contributed by atoms with Crippen LogP contribution in [-0.2, 0) is 6.42 Å². The summed E-state index contributed by atoms with van der Waals surface area (Å²) in [5.74, 6) is 0.463. The third kappa shape index (κ3) is 4.26. The van der Waals surface area contributed by atoms with Crippen molar-refractivity contribution in [2.45, 2.75) is 30.2 Å². The number of thioether (sulfide) groups is 1. The van der Waals surface area contributed by atoms with Crippen LogP contribution in [0, 0.1) is 6.92 Å². The topological polar surface area (TPSA) is 0 Å². The molecule has 0 aliphatic carbocycles. The first-order valence-electron chi connectivity index (χ1n) is 4.84. The average Bonchev–Trinajstić information content (AvgIpc) is 2.14. The summed E-state index contributed by atoms with van der Waals surface area (Å²) < 4.78 is 36.9. The number of benzene rings is 1. The van der Waals surface area contributed by atoms with Gasteiger partial charge in [0.15, 0.2) is 0 Å². The van der Waals surface area contributed by atoms with Crippen molar-refractivity contribution in [2.24, 2.45) is 0 Å². The minimum atomic E-state index is -4.23. The molecular formula is C11H12ClF3S. The Bertz CT molecular complexity index is 350. The maximum Gasteiger partial charge on any atom is 0.446 e. The highest BCUT2D eigenvalue weighted by Gasteiger charge is 2.30. The summed E-state index contributed by atoms with van der Waals surface area (Å²) in [6.07, 6.45) is 1.28. The van der Waals surface area contributed by atoms with Crippen LogP contribution in [0.4, 0.5) is 13.2 Å². The number of hydrogen-bond donors (Lipinski definition) is 0. The van der Waals surface area contributed by atoms with E-state index in [1.54, 1.807) is 6.07 Å². The van der Waals surface area contributed by atoms with Gasteiger partial charge in [-0.3, -0.25) is 0 Å². The van der Waals surface area contributed by atoms with Crippen molar-refractivity contribution >= 4 is 23.4 Å².